The number of phenolic OH excluding ortho intramolecular Hbond substituents is 1. The molecule has 0 aliphatic rings. The summed E-state index contributed by atoms with van der Waals surface area (Å²) in [6.45, 7) is -0.272. The summed E-state index contributed by atoms with van der Waals surface area (Å²) in [5.41, 5.74) is 2.90. The van der Waals surface area contributed by atoms with E-state index >= 15 is 0 Å². The number of hydrogen-bond acceptors (Lipinski definition) is 5. The van der Waals surface area contributed by atoms with Gasteiger partial charge in [0.15, 0.2) is 0 Å². The Morgan fingerprint density at radius 1 is 1.28 bits per heavy atom. The molecule has 0 saturated heterocycles. The van der Waals surface area contributed by atoms with Crippen molar-refractivity contribution in [1.29, 1.82) is 0 Å². The molecular weight excluding hydrogens is 346 g/mol. The summed E-state index contributed by atoms with van der Waals surface area (Å²) < 4.78 is 5.04. The van der Waals surface area contributed by atoms with E-state index in [0.717, 1.165) is 0 Å². The normalized spacial score (nSPS) is 10.5. The van der Waals surface area contributed by atoms with Crippen LogP contribution in [0.25, 0.3) is 0 Å². The second kappa shape index (κ2) is 8.70. The number of phenols is 1. The first kappa shape index (κ1) is 18.3. The van der Waals surface area contributed by atoms with Crippen LogP contribution in [0.1, 0.15) is 15.9 Å². The number of nitrogens with one attached hydrogen (secondary N) is 2. The summed E-state index contributed by atoms with van der Waals surface area (Å²) in [6.07, 6.45) is 1.27. The number of rotatable bonds is 6. The number of benzene rings is 2. The predicted octanol–water partition coefficient (Wildman–Crippen LogP) is 1.93. The van der Waals surface area contributed by atoms with Crippen LogP contribution in [0.3, 0.4) is 0 Å². The van der Waals surface area contributed by atoms with Gasteiger partial charge in [-0.05, 0) is 30.3 Å². The zero-order valence-electron chi connectivity index (χ0n) is 13.3. The molecule has 0 saturated carbocycles. The van der Waals surface area contributed by atoms with Crippen LogP contribution in [0.15, 0.2) is 47.6 Å². The van der Waals surface area contributed by atoms with Crippen LogP contribution in [0.4, 0.5) is 0 Å². The first-order valence-electron chi connectivity index (χ1n) is 7.23. The Hall–Kier alpha value is -3.06. The van der Waals surface area contributed by atoms with Crippen molar-refractivity contribution >= 4 is 29.6 Å². The topological polar surface area (TPSA) is 100 Å². The molecule has 8 heteroatoms. The number of carbonyl (C=O) groups is 2. The number of hydrazone groups is 1. The first-order valence-corrected chi connectivity index (χ1v) is 7.60. The van der Waals surface area contributed by atoms with Crippen molar-refractivity contribution in [2.75, 3.05) is 13.7 Å². The highest BCUT2D eigenvalue weighted by molar-refractivity contribution is 6.33. The lowest BCUT2D eigenvalue weighted by molar-refractivity contribution is -0.120. The van der Waals surface area contributed by atoms with Crippen LogP contribution in [0.5, 0.6) is 11.5 Å². The molecule has 7 nitrogen and oxygen atoms in total. The van der Waals surface area contributed by atoms with Crippen molar-refractivity contribution in [3.63, 3.8) is 0 Å². The van der Waals surface area contributed by atoms with E-state index in [1.54, 1.807) is 36.4 Å². The maximum absolute atomic E-state index is 11.9. The zero-order chi connectivity index (χ0) is 18.2. The number of aromatic hydroxyl groups is 1. The van der Waals surface area contributed by atoms with Crippen LogP contribution in [-0.4, -0.2) is 36.8 Å². The number of methoxy groups -OCH3 is 1. The average Bonchev–Trinajstić information content (AvgIpc) is 2.61. The third kappa shape index (κ3) is 5.22. The van der Waals surface area contributed by atoms with Crippen molar-refractivity contribution in [3.05, 3.63) is 58.6 Å². The first-order chi connectivity index (χ1) is 12.0. The molecule has 0 heterocycles. The number of ether oxygens (including phenoxy) is 1. The number of hydrogen-bond donors (Lipinski definition) is 3. The summed E-state index contributed by atoms with van der Waals surface area (Å²) in [6, 6.07) is 11.1. The van der Waals surface area contributed by atoms with Gasteiger partial charge in [0.05, 0.1) is 30.5 Å². The summed E-state index contributed by atoms with van der Waals surface area (Å²) in [5, 5.41) is 16.2. The highest BCUT2D eigenvalue weighted by Gasteiger charge is 2.10. The van der Waals surface area contributed by atoms with Gasteiger partial charge in [-0.1, -0.05) is 23.7 Å². The highest BCUT2D eigenvalue weighted by Crippen LogP contribution is 2.20. The molecule has 0 aromatic heterocycles. The van der Waals surface area contributed by atoms with Crippen LogP contribution < -0.4 is 15.5 Å². The SMILES string of the molecule is COc1ccc(O)c(/C=N\NC(=O)CNC(=O)c2ccccc2Cl)c1. The monoisotopic (exact) mass is 361 g/mol. The molecule has 0 spiro atoms. The van der Waals surface area contributed by atoms with E-state index in [9.17, 15) is 14.7 Å². The standard InChI is InChI=1S/C17H16ClN3O4/c1-25-12-6-7-15(22)11(8-12)9-20-21-16(23)10-19-17(24)13-4-2-3-5-14(13)18/h2-9,22H,10H2,1H3,(H,19,24)(H,21,23)/b20-9-. The number of halogens is 1. The van der Waals surface area contributed by atoms with Gasteiger partial charge in [-0.25, -0.2) is 5.43 Å². The van der Waals surface area contributed by atoms with Crippen molar-refractivity contribution in [1.82, 2.24) is 10.7 Å². The highest BCUT2D eigenvalue weighted by atomic mass is 35.5. The van der Waals surface area contributed by atoms with Crippen molar-refractivity contribution in [2.45, 2.75) is 0 Å². The summed E-state index contributed by atoms with van der Waals surface area (Å²) in [5.74, 6) is -0.461. The third-order valence-corrected chi connectivity index (χ3v) is 3.49. The van der Waals surface area contributed by atoms with Gasteiger partial charge in [-0.3, -0.25) is 9.59 Å². The fraction of sp³-hybridized carbons (Fsp3) is 0.118. The Balaban J connectivity index is 1.87. The molecule has 0 aliphatic heterocycles. The Morgan fingerprint density at radius 2 is 2.04 bits per heavy atom. The van der Waals surface area contributed by atoms with Gasteiger partial charge >= 0.3 is 0 Å². The summed E-state index contributed by atoms with van der Waals surface area (Å²) in [4.78, 5) is 23.6. The van der Waals surface area contributed by atoms with Gasteiger partial charge in [0.25, 0.3) is 11.8 Å². The van der Waals surface area contributed by atoms with Crippen LogP contribution in [0, 0.1) is 0 Å². The molecule has 25 heavy (non-hydrogen) atoms. The molecule has 2 aromatic carbocycles. The van der Waals surface area contributed by atoms with E-state index in [2.05, 4.69) is 15.8 Å². The van der Waals surface area contributed by atoms with E-state index in [1.165, 1.54) is 19.4 Å². The zero-order valence-corrected chi connectivity index (χ0v) is 14.1. The van der Waals surface area contributed by atoms with Crippen molar-refractivity contribution in [2.24, 2.45) is 5.10 Å². The Labute approximate surface area is 149 Å². The van der Waals surface area contributed by atoms with E-state index in [0.29, 0.717) is 16.3 Å². The fourth-order valence-corrected chi connectivity index (χ4v) is 2.10. The van der Waals surface area contributed by atoms with Crippen molar-refractivity contribution in [3.8, 4) is 11.5 Å². The van der Waals surface area contributed by atoms with Gasteiger partial charge in [0.1, 0.15) is 11.5 Å². The summed E-state index contributed by atoms with van der Waals surface area (Å²) in [7, 11) is 1.50. The molecule has 0 unspecified atom stereocenters. The number of carbonyl (C=O) groups excluding carboxylic acids is 2. The Morgan fingerprint density at radius 3 is 2.76 bits per heavy atom. The second-order valence-electron chi connectivity index (χ2n) is 4.88. The van der Waals surface area contributed by atoms with Gasteiger partial charge in [-0.2, -0.15) is 5.10 Å². The smallest absolute Gasteiger partial charge is 0.259 e. The van der Waals surface area contributed by atoms with E-state index in [-0.39, 0.29) is 17.9 Å². The van der Waals surface area contributed by atoms with Crippen molar-refractivity contribution < 1.29 is 19.4 Å². The molecule has 130 valence electrons. The van der Waals surface area contributed by atoms with Gasteiger partial charge in [-0.15, -0.1) is 0 Å². The minimum absolute atomic E-state index is 0.00850. The molecule has 2 rings (SSSR count). The lowest BCUT2D eigenvalue weighted by Crippen LogP contribution is -2.35. The van der Waals surface area contributed by atoms with E-state index < -0.39 is 11.8 Å². The predicted molar refractivity (Wildman–Crippen MR) is 94.2 cm³/mol. The molecule has 0 aliphatic carbocycles. The van der Waals surface area contributed by atoms with E-state index in [4.69, 9.17) is 16.3 Å². The minimum atomic E-state index is -0.529. The largest absolute Gasteiger partial charge is 0.507 e. The van der Waals surface area contributed by atoms with Gasteiger partial charge in [0, 0.05) is 5.56 Å². The van der Waals surface area contributed by atoms with Gasteiger partial charge < -0.3 is 15.2 Å². The molecule has 0 fully saturated rings. The van der Waals surface area contributed by atoms with E-state index in [1.807, 2.05) is 0 Å². The quantitative estimate of drug-likeness (QED) is 0.540. The maximum atomic E-state index is 11.9. The fourth-order valence-electron chi connectivity index (χ4n) is 1.88. The number of nitrogens with zero attached hydrogens (tertiary/aromatic N) is 1. The minimum Gasteiger partial charge on any atom is -0.507 e. The molecular formula is C17H16ClN3O4. The lowest BCUT2D eigenvalue weighted by Gasteiger charge is -2.06. The average molecular weight is 362 g/mol. The molecule has 0 atom stereocenters. The molecule has 0 radical (unpaired) electrons. The second-order valence-corrected chi connectivity index (χ2v) is 5.29. The molecule has 2 aromatic rings. The molecule has 2 amide bonds. The van der Waals surface area contributed by atoms with Crippen LogP contribution >= 0.6 is 11.6 Å². The Bertz CT molecular complexity index is 808. The molecule has 0 bridgehead atoms. The van der Waals surface area contributed by atoms with Gasteiger partial charge in [0.2, 0.25) is 0 Å². The lowest BCUT2D eigenvalue weighted by atomic mass is 10.2. The van der Waals surface area contributed by atoms with Crippen LogP contribution in [0.2, 0.25) is 5.02 Å². The maximum Gasteiger partial charge on any atom is 0.259 e. The van der Waals surface area contributed by atoms with Crippen LogP contribution in [-0.2, 0) is 4.79 Å². The molecule has 3 N–H and O–H groups in total. The third-order valence-electron chi connectivity index (χ3n) is 3.16. The summed E-state index contributed by atoms with van der Waals surface area (Å²) >= 11 is 5.91. The Kier molecular flexibility index (Phi) is 6.36. The number of amides is 2.